The molecule has 10 heavy (non-hydrogen) atoms. The Bertz CT molecular complexity index is 83.3. The van der Waals surface area contributed by atoms with Gasteiger partial charge >= 0.3 is 0 Å². The average molecular weight is 146 g/mol. The van der Waals surface area contributed by atoms with Crippen molar-refractivity contribution in [2.75, 3.05) is 6.61 Å². The third-order valence-corrected chi connectivity index (χ3v) is 1.81. The van der Waals surface area contributed by atoms with Crippen molar-refractivity contribution < 1.29 is 9.84 Å². The van der Waals surface area contributed by atoms with Crippen LogP contribution in [0.5, 0.6) is 0 Å². The molecule has 0 radical (unpaired) electrons. The van der Waals surface area contributed by atoms with Gasteiger partial charge in [0, 0.05) is 6.61 Å². The molecule has 1 unspecified atom stereocenters. The third-order valence-electron chi connectivity index (χ3n) is 1.81. The van der Waals surface area contributed by atoms with E-state index >= 15 is 0 Å². The smallest absolute Gasteiger partial charge is 0.0831 e. The van der Waals surface area contributed by atoms with Crippen molar-refractivity contribution in [3.05, 3.63) is 0 Å². The van der Waals surface area contributed by atoms with E-state index in [1.54, 1.807) is 0 Å². The van der Waals surface area contributed by atoms with E-state index in [4.69, 9.17) is 4.74 Å². The van der Waals surface area contributed by atoms with Gasteiger partial charge in [0.15, 0.2) is 0 Å². The highest BCUT2D eigenvalue weighted by Gasteiger charge is 2.21. The fraction of sp³-hybridized carbons (Fsp3) is 1.00. The molecule has 2 atom stereocenters. The summed E-state index contributed by atoms with van der Waals surface area (Å²) < 4.78 is 5.29. The van der Waals surface area contributed by atoms with Crippen LogP contribution in [0.3, 0.4) is 0 Å². The van der Waals surface area contributed by atoms with Crippen molar-refractivity contribution in [1.29, 1.82) is 0 Å². The molecule has 0 aliphatic carbocycles. The second kappa shape index (κ2) is 4.69. The normalized spacial score (nSPS) is 33.0. The number of aliphatic hydroxyl groups excluding tert-OH is 1. The summed E-state index contributed by atoms with van der Waals surface area (Å²) in [6, 6.07) is 0. The summed E-state index contributed by atoms with van der Waals surface area (Å²) in [6.07, 6.45) is 2.76. The van der Waals surface area contributed by atoms with Crippen molar-refractivity contribution in [3.8, 4) is 0 Å². The molecule has 0 aromatic heterocycles. The zero-order chi connectivity index (χ0) is 6.69. The lowest BCUT2D eigenvalue weighted by Gasteiger charge is -2.26. The van der Waals surface area contributed by atoms with Crippen LogP contribution in [0.1, 0.15) is 33.6 Å². The van der Waals surface area contributed by atoms with Crippen molar-refractivity contribution in [1.82, 2.24) is 0 Å². The lowest BCUT2D eigenvalue weighted by Crippen LogP contribution is -2.33. The fourth-order valence-electron chi connectivity index (χ4n) is 1.21. The van der Waals surface area contributed by atoms with Crippen LogP contribution in [0.4, 0.5) is 0 Å². The molecule has 1 rings (SSSR count). The Kier molecular flexibility index (Phi) is 4.65. The second-order valence-electron chi connectivity index (χ2n) is 2.53. The van der Waals surface area contributed by atoms with E-state index in [2.05, 4.69) is 0 Å². The minimum Gasteiger partial charge on any atom is -0.390 e. The van der Waals surface area contributed by atoms with Gasteiger partial charge < -0.3 is 9.84 Å². The first-order valence-electron chi connectivity index (χ1n) is 3.64. The number of ether oxygens (including phenoxy) is 1. The zero-order valence-electron chi connectivity index (χ0n) is 5.84. The van der Waals surface area contributed by atoms with Crippen molar-refractivity contribution in [2.45, 2.75) is 45.8 Å². The molecule has 0 amide bonds. The lowest BCUT2D eigenvalue weighted by molar-refractivity contribution is -0.0745. The maximum atomic E-state index is 9.24. The highest BCUT2D eigenvalue weighted by atomic mass is 16.5. The number of rotatable bonds is 1. The Hall–Kier alpha value is -0.0800. The van der Waals surface area contributed by atoms with Gasteiger partial charge in [-0.2, -0.15) is 0 Å². The summed E-state index contributed by atoms with van der Waals surface area (Å²) >= 11 is 0. The minimum absolute atomic E-state index is 0. The van der Waals surface area contributed by atoms with Gasteiger partial charge in [0.1, 0.15) is 0 Å². The lowest BCUT2D eigenvalue weighted by atomic mass is 10.0. The largest absolute Gasteiger partial charge is 0.390 e. The Balaban J connectivity index is 0.000000810. The van der Waals surface area contributed by atoms with Crippen LogP contribution in [0, 0.1) is 0 Å². The van der Waals surface area contributed by atoms with E-state index in [0.29, 0.717) is 0 Å². The Morgan fingerprint density at radius 3 is 2.70 bits per heavy atom. The predicted octanol–water partition coefficient (Wildman–Crippen LogP) is 1.57. The van der Waals surface area contributed by atoms with E-state index in [0.717, 1.165) is 25.9 Å². The van der Waals surface area contributed by atoms with Gasteiger partial charge in [-0.15, -0.1) is 0 Å². The zero-order valence-corrected chi connectivity index (χ0v) is 5.84. The Morgan fingerprint density at radius 1 is 1.60 bits per heavy atom. The van der Waals surface area contributed by atoms with Crippen molar-refractivity contribution in [3.63, 3.8) is 0 Å². The molecule has 1 heterocycles. The van der Waals surface area contributed by atoms with Crippen LogP contribution in [0.25, 0.3) is 0 Å². The molecule has 1 aliphatic heterocycles. The number of aliphatic hydroxyl groups is 1. The molecule has 2 heteroatoms. The first kappa shape index (κ1) is 9.92. The fourth-order valence-corrected chi connectivity index (χ4v) is 1.21. The Morgan fingerprint density at radius 2 is 2.30 bits per heavy atom. The van der Waals surface area contributed by atoms with Gasteiger partial charge in [-0.3, -0.25) is 0 Å². The molecule has 1 N–H and O–H groups in total. The van der Waals surface area contributed by atoms with Crippen LogP contribution in [-0.4, -0.2) is 23.9 Å². The molecule has 2 nitrogen and oxygen atoms in total. The van der Waals surface area contributed by atoms with Gasteiger partial charge in [0.2, 0.25) is 0 Å². The highest BCUT2D eigenvalue weighted by molar-refractivity contribution is 4.71. The Labute approximate surface area is 63.2 Å². The van der Waals surface area contributed by atoms with E-state index in [1.165, 1.54) is 0 Å². The average Bonchev–Trinajstić information content (AvgIpc) is 1.89. The van der Waals surface area contributed by atoms with E-state index < -0.39 is 0 Å². The molecule has 1 fully saturated rings. The maximum Gasteiger partial charge on any atom is 0.0831 e. The van der Waals surface area contributed by atoms with Gasteiger partial charge in [0.25, 0.3) is 0 Å². The molecule has 0 aromatic rings. The van der Waals surface area contributed by atoms with Gasteiger partial charge in [0.05, 0.1) is 12.2 Å². The van der Waals surface area contributed by atoms with Crippen LogP contribution in [-0.2, 0) is 4.74 Å². The SMILES string of the molecule is C.CC[C@@H]1OCCCC1O. The van der Waals surface area contributed by atoms with E-state index in [1.807, 2.05) is 6.92 Å². The predicted molar refractivity (Wildman–Crippen MR) is 42.0 cm³/mol. The van der Waals surface area contributed by atoms with E-state index in [9.17, 15) is 5.11 Å². The summed E-state index contributed by atoms with van der Waals surface area (Å²) in [5.74, 6) is 0. The molecular formula is C8H18O2. The second-order valence-corrected chi connectivity index (χ2v) is 2.53. The standard InChI is InChI=1S/C7H14O2.CH4/c1-2-7-6(8)4-3-5-9-7;/h6-8H,2-5H2,1H3;1H4/t6?,7-;/m0./s1. The molecule has 1 saturated heterocycles. The molecule has 0 bridgehead atoms. The van der Waals surface area contributed by atoms with Crippen LogP contribution in [0.2, 0.25) is 0 Å². The summed E-state index contributed by atoms with van der Waals surface area (Å²) in [5.41, 5.74) is 0. The minimum atomic E-state index is -0.205. The highest BCUT2D eigenvalue weighted by Crippen LogP contribution is 2.15. The van der Waals surface area contributed by atoms with Crippen LogP contribution >= 0.6 is 0 Å². The van der Waals surface area contributed by atoms with Gasteiger partial charge in [-0.25, -0.2) is 0 Å². The molecule has 0 spiro atoms. The summed E-state index contributed by atoms with van der Waals surface area (Å²) in [4.78, 5) is 0. The van der Waals surface area contributed by atoms with Crippen LogP contribution < -0.4 is 0 Å². The van der Waals surface area contributed by atoms with Crippen molar-refractivity contribution >= 4 is 0 Å². The monoisotopic (exact) mass is 146 g/mol. The first-order chi connectivity index (χ1) is 4.34. The van der Waals surface area contributed by atoms with Crippen molar-refractivity contribution in [2.24, 2.45) is 0 Å². The summed E-state index contributed by atoms with van der Waals surface area (Å²) in [7, 11) is 0. The molecule has 1 aliphatic rings. The first-order valence-corrected chi connectivity index (χ1v) is 3.64. The summed E-state index contributed by atoms with van der Waals surface area (Å²) in [6.45, 7) is 2.87. The number of hydrogen-bond donors (Lipinski definition) is 1. The number of hydrogen-bond acceptors (Lipinski definition) is 2. The molecule has 0 saturated carbocycles. The summed E-state index contributed by atoms with van der Waals surface area (Å²) in [5, 5.41) is 9.24. The molecule has 0 aromatic carbocycles. The third kappa shape index (κ3) is 2.27. The maximum absolute atomic E-state index is 9.24. The molecular weight excluding hydrogens is 128 g/mol. The van der Waals surface area contributed by atoms with Gasteiger partial charge in [-0.05, 0) is 19.3 Å². The topological polar surface area (TPSA) is 29.5 Å². The van der Waals surface area contributed by atoms with E-state index in [-0.39, 0.29) is 19.6 Å². The molecule has 62 valence electrons. The van der Waals surface area contributed by atoms with Gasteiger partial charge in [-0.1, -0.05) is 14.4 Å². The quantitative estimate of drug-likeness (QED) is 0.608. The van der Waals surface area contributed by atoms with Crippen LogP contribution in [0.15, 0.2) is 0 Å².